The van der Waals surface area contributed by atoms with Crippen molar-refractivity contribution < 1.29 is 0 Å². The molecule has 1 heteroatoms. The highest BCUT2D eigenvalue weighted by molar-refractivity contribution is 5.91. The van der Waals surface area contributed by atoms with Crippen molar-refractivity contribution in [2.75, 3.05) is 4.90 Å². The molecule has 7 bridgehead atoms. The molecule has 8 aromatic rings. The van der Waals surface area contributed by atoms with E-state index in [1.807, 2.05) is 0 Å². The van der Waals surface area contributed by atoms with Gasteiger partial charge < -0.3 is 4.90 Å². The Morgan fingerprint density at radius 3 is 1.67 bits per heavy atom. The van der Waals surface area contributed by atoms with Crippen LogP contribution < -0.4 is 4.90 Å². The van der Waals surface area contributed by atoms with Crippen molar-refractivity contribution in [3.8, 4) is 55.6 Å². The third kappa shape index (κ3) is 5.38. The predicted octanol–water partition coefficient (Wildman–Crippen LogP) is 17.6. The largest absolute Gasteiger partial charge is 0.310 e. The Morgan fingerprint density at radius 1 is 0.319 bits per heavy atom. The van der Waals surface area contributed by atoms with Gasteiger partial charge in [-0.3, -0.25) is 0 Å². The van der Waals surface area contributed by atoms with Crippen LogP contribution in [-0.2, 0) is 10.8 Å². The van der Waals surface area contributed by atoms with Crippen LogP contribution >= 0.6 is 0 Å². The van der Waals surface area contributed by atoms with Crippen molar-refractivity contribution in [3.05, 3.63) is 210 Å². The molecule has 7 saturated carbocycles. The Kier molecular flexibility index (Phi) is 8.31. The smallest absolute Gasteiger partial charge is 0.0467 e. The first-order chi connectivity index (χ1) is 34.1. The van der Waals surface area contributed by atoms with Crippen LogP contribution in [0, 0.1) is 47.3 Å². The molecule has 0 saturated heterocycles. The van der Waals surface area contributed by atoms with E-state index in [2.05, 4.69) is 193 Å². The fourth-order valence-corrected chi connectivity index (χ4v) is 18.2. The highest BCUT2D eigenvalue weighted by Crippen LogP contribution is 2.73. The Bertz CT molecular complexity index is 3340. The zero-order chi connectivity index (χ0) is 45.0. The van der Waals surface area contributed by atoms with Crippen LogP contribution in [-0.4, -0.2) is 0 Å². The zero-order valence-electron chi connectivity index (χ0n) is 39.5. The van der Waals surface area contributed by atoms with Gasteiger partial charge in [0.1, 0.15) is 0 Å². The standard InChI is InChI=1S/C68H59N/c1-2-14-54(15-3-1)69(55-28-25-45(26-29-55)48-27-30-60-58-17-4-6-21-62(58)67(65(60)41-48)51-33-43-31-44(35-51)36-52(67)34-43)56-16-9-12-47(40-56)46-11-8-13-49(38-46)57-19-10-20-61-59-18-5-7-22-63(59)68(66(57)61)53-32-42-23-24-50(39-53)64(68)37-42/h1-22,25-30,38,40-44,50-53,64H,23-24,31-37,39H2. The molecule has 69 heavy (non-hydrogen) atoms. The molecule has 9 aliphatic rings. The lowest BCUT2D eigenvalue weighted by Gasteiger charge is -2.61. The van der Waals surface area contributed by atoms with Crippen molar-refractivity contribution in [1.29, 1.82) is 0 Å². The van der Waals surface area contributed by atoms with Crippen LogP contribution in [0.4, 0.5) is 17.1 Å². The number of hydrogen-bond acceptors (Lipinski definition) is 1. The molecule has 0 heterocycles. The molecule has 0 aromatic heterocycles. The topological polar surface area (TPSA) is 3.24 Å². The predicted molar refractivity (Wildman–Crippen MR) is 284 cm³/mol. The third-order valence-corrected chi connectivity index (χ3v) is 20.3. The van der Waals surface area contributed by atoms with E-state index in [4.69, 9.17) is 0 Å². The molecule has 5 unspecified atom stereocenters. The van der Waals surface area contributed by atoms with Crippen LogP contribution in [0.1, 0.15) is 86.5 Å². The maximum atomic E-state index is 2.63. The molecule has 336 valence electrons. The molecule has 0 aliphatic heterocycles. The fourth-order valence-electron chi connectivity index (χ4n) is 18.2. The first-order valence-corrected chi connectivity index (χ1v) is 26.8. The van der Waals surface area contributed by atoms with Gasteiger partial charge in [0, 0.05) is 27.9 Å². The Balaban J connectivity index is 0.760. The first kappa shape index (κ1) is 39.4. The maximum Gasteiger partial charge on any atom is 0.0467 e. The molecule has 0 N–H and O–H groups in total. The van der Waals surface area contributed by atoms with Crippen LogP contribution in [0.15, 0.2) is 188 Å². The summed E-state index contributed by atoms with van der Waals surface area (Å²) in [7, 11) is 0. The van der Waals surface area contributed by atoms with E-state index < -0.39 is 0 Å². The lowest BCUT2D eigenvalue weighted by atomic mass is 9.43. The van der Waals surface area contributed by atoms with Gasteiger partial charge in [0.2, 0.25) is 0 Å². The normalized spacial score (nSPS) is 29.9. The van der Waals surface area contributed by atoms with Crippen LogP contribution in [0.3, 0.4) is 0 Å². The van der Waals surface area contributed by atoms with Crippen LogP contribution in [0.25, 0.3) is 55.6 Å². The van der Waals surface area contributed by atoms with E-state index in [-0.39, 0.29) is 10.8 Å². The summed E-state index contributed by atoms with van der Waals surface area (Å²) in [4.78, 5) is 2.44. The van der Waals surface area contributed by atoms with E-state index in [1.54, 1.807) is 22.3 Å². The second kappa shape index (κ2) is 14.6. The van der Waals surface area contributed by atoms with E-state index in [0.29, 0.717) is 0 Å². The Morgan fingerprint density at radius 2 is 0.870 bits per heavy atom. The molecule has 8 aromatic carbocycles. The number of rotatable bonds is 6. The summed E-state index contributed by atoms with van der Waals surface area (Å²) in [5.41, 5.74) is 24.2. The van der Waals surface area contributed by atoms with Gasteiger partial charge in [-0.25, -0.2) is 0 Å². The summed E-state index contributed by atoms with van der Waals surface area (Å²) in [6, 6.07) is 72.9. The third-order valence-electron chi connectivity index (χ3n) is 20.3. The number of nitrogens with zero attached hydrogens (tertiary/aromatic N) is 1. The summed E-state index contributed by atoms with van der Waals surface area (Å²) in [5, 5.41) is 0. The highest BCUT2D eigenvalue weighted by Gasteiger charge is 2.65. The number of fused-ring (bicyclic) bond motifs is 7. The lowest BCUT2D eigenvalue weighted by Crippen LogP contribution is -2.55. The molecule has 9 aliphatic carbocycles. The molecule has 1 nitrogen and oxygen atoms in total. The Labute approximate surface area is 408 Å². The molecule has 7 fully saturated rings. The van der Waals surface area contributed by atoms with Crippen LogP contribution in [0.2, 0.25) is 0 Å². The van der Waals surface area contributed by atoms with E-state index in [0.717, 1.165) is 53.0 Å². The van der Waals surface area contributed by atoms with Gasteiger partial charge in [-0.2, -0.15) is 0 Å². The SMILES string of the molecule is c1ccc(N(c2ccc(-c3ccc4c(c3)C3(c5ccccc5-4)C4CC5CC(C4)CC3C5)cc2)c2cccc(-c3cccc(-c4cccc5c4C4(c6ccccc6-5)C5CC6CCC(C5)C4C6)c3)c2)cc1. The molecular weight excluding hydrogens is 831 g/mol. The molecule has 5 atom stereocenters. The van der Waals surface area contributed by atoms with Crippen molar-refractivity contribution in [2.45, 2.75) is 75.0 Å². The highest BCUT2D eigenvalue weighted by atomic mass is 15.1. The number of para-hydroxylation sites is 1. The summed E-state index contributed by atoms with van der Waals surface area (Å²) in [5.74, 6) is 6.67. The first-order valence-electron chi connectivity index (χ1n) is 26.8. The minimum Gasteiger partial charge on any atom is -0.310 e. The van der Waals surface area contributed by atoms with Gasteiger partial charge in [0.05, 0.1) is 0 Å². The van der Waals surface area contributed by atoms with Gasteiger partial charge in [0.25, 0.3) is 0 Å². The van der Waals surface area contributed by atoms with Crippen molar-refractivity contribution in [2.24, 2.45) is 47.3 Å². The summed E-state index contributed by atoms with van der Waals surface area (Å²) < 4.78 is 0. The van der Waals surface area contributed by atoms with Gasteiger partial charge >= 0.3 is 0 Å². The van der Waals surface area contributed by atoms with Crippen molar-refractivity contribution >= 4 is 17.1 Å². The fraction of sp³-hybridized carbons (Fsp3) is 0.294. The average molecular weight is 890 g/mol. The second-order valence-electron chi connectivity index (χ2n) is 23.2. The van der Waals surface area contributed by atoms with Crippen molar-refractivity contribution in [1.82, 2.24) is 0 Å². The average Bonchev–Trinajstić information content (AvgIpc) is 3.85. The van der Waals surface area contributed by atoms with E-state index in [1.165, 1.54) is 131 Å². The van der Waals surface area contributed by atoms with Crippen LogP contribution in [0.5, 0.6) is 0 Å². The van der Waals surface area contributed by atoms with Crippen molar-refractivity contribution in [3.63, 3.8) is 0 Å². The zero-order valence-corrected chi connectivity index (χ0v) is 39.5. The lowest BCUT2D eigenvalue weighted by molar-refractivity contribution is -0.0399. The molecule has 0 amide bonds. The number of anilines is 3. The molecule has 2 spiro atoms. The summed E-state index contributed by atoms with van der Waals surface area (Å²) in [6.45, 7) is 0. The molecular formula is C68H59N. The quantitative estimate of drug-likeness (QED) is 0.161. The molecule has 17 rings (SSSR count). The monoisotopic (exact) mass is 889 g/mol. The van der Waals surface area contributed by atoms with Gasteiger partial charge in [-0.1, -0.05) is 146 Å². The number of benzene rings is 8. The minimum absolute atomic E-state index is 0.134. The van der Waals surface area contributed by atoms with E-state index in [9.17, 15) is 0 Å². The van der Waals surface area contributed by atoms with Gasteiger partial charge in [0.15, 0.2) is 0 Å². The number of hydrogen-bond donors (Lipinski definition) is 0. The molecule has 0 radical (unpaired) electrons. The second-order valence-corrected chi connectivity index (χ2v) is 23.2. The Hall–Kier alpha value is -6.44. The maximum absolute atomic E-state index is 2.63. The van der Waals surface area contributed by atoms with Gasteiger partial charge in [-0.15, -0.1) is 0 Å². The summed E-state index contributed by atoms with van der Waals surface area (Å²) >= 11 is 0. The summed E-state index contributed by atoms with van der Waals surface area (Å²) in [6.07, 6.45) is 14.2. The van der Waals surface area contributed by atoms with E-state index >= 15 is 0 Å². The minimum atomic E-state index is 0.134. The van der Waals surface area contributed by atoms with Gasteiger partial charge in [-0.05, 0) is 232 Å².